The molecule has 1 aromatic carbocycles. The molecule has 1 amide bonds. The molecule has 0 saturated heterocycles. The molecule has 1 rings (SSSR count). The second-order valence-electron chi connectivity index (χ2n) is 5.97. The largest absolute Gasteiger partial charge is 0.497 e. The summed E-state index contributed by atoms with van der Waals surface area (Å²) in [6.45, 7) is 7.09. The van der Waals surface area contributed by atoms with E-state index < -0.39 is 5.41 Å². The van der Waals surface area contributed by atoms with Crippen LogP contribution in [0.4, 0.5) is 0 Å². The first-order valence-electron chi connectivity index (χ1n) is 7.87. The topological polar surface area (TPSA) is 98.0 Å². The summed E-state index contributed by atoms with van der Waals surface area (Å²) in [6, 6.07) is 5.60. The zero-order valence-electron chi connectivity index (χ0n) is 15.5. The van der Waals surface area contributed by atoms with Crippen LogP contribution in [0.15, 0.2) is 23.2 Å². The molecule has 0 fully saturated rings. The molecule has 25 heavy (non-hydrogen) atoms. The number of nitrogens with zero attached hydrogens (tertiary/aromatic N) is 1. The van der Waals surface area contributed by atoms with Gasteiger partial charge in [0.25, 0.3) is 0 Å². The highest BCUT2D eigenvalue weighted by Gasteiger charge is 2.24. The number of benzene rings is 1. The van der Waals surface area contributed by atoms with Gasteiger partial charge < -0.3 is 25.8 Å². The number of guanidine groups is 1. The Kier molecular flexibility index (Phi) is 10.3. The molecule has 4 N–H and O–H groups in total. The Hall–Kier alpha value is -1.71. The van der Waals surface area contributed by atoms with E-state index in [1.165, 1.54) is 0 Å². The van der Waals surface area contributed by atoms with Gasteiger partial charge in [-0.15, -0.1) is 24.0 Å². The van der Waals surface area contributed by atoms with E-state index in [1.54, 1.807) is 28.1 Å². The molecule has 7 nitrogen and oxygen atoms in total. The Bertz CT molecular complexity index is 591. The zero-order chi connectivity index (χ0) is 18.2. The van der Waals surface area contributed by atoms with Crippen molar-refractivity contribution < 1.29 is 14.3 Å². The van der Waals surface area contributed by atoms with Gasteiger partial charge in [0.2, 0.25) is 5.91 Å². The van der Waals surface area contributed by atoms with Crippen LogP contribution in [0.1, 0.15) is 26.3 Å². The Labute approximate surface area is 166 Å². The van der Waals surface area contributed by atoms with Crippen molar-refractivity contribution in [1.29, 1.82) is 0 Å². The van der Waals surface area contributed by atoms with Gasteiger partial charge in [0, 0.05) is 24.7 Å². The summed E-state index contributed by atoms with van der Waals surface area (Å²) in [5.74, 6) is 1.70. The number of aliphatic imine (C=N–C) groups is 1. The number of amides is 1. The zero-order valence-corrected chi connectivity index (χ0v) is 17.8. The van der Waals surface area contributed by atoms with Crippen molar-refractivity contribution in [2.75, 3.05) is 27.3 Å². The number of carbonyl (C=O) groups is 1. The summed E-state index contributed by atoms with van der Waals surface area (Å²) >= 11 is 0. The van der Waals surface area contributed by atoms with Gasteiger partial charge in [0.05, 0.1) is 26.2 Å². The van der Waals surface area contributed by atoms with E-state index in [4.69, 9.17) is 15.2 Å². The van der Waals surface area contributed by atoms with Crippen LogP contribution in [-0.2, 0) is 11.3 Å². The van der Waals surface area contributed by atoms with E-state index >= 15 is 0 Å². The standard InChI is InChI=1S/C17H28N4O3.HI/c1-6-19-16(21-11-17(2,3)15(18)22)20-10-12-7-8-13(23-4)9-14(12)24-5;/h7-9H,6,10-11H2,1-5H3,(H2,18,22)(H2,19,20,21);1H. The molecule has 8 heteroatoms. The maximum absolute atomic E-state index is 11.4. The fraction of sp³-hybridized carbons (Fsp3) is 0.529. The number of rotatable bonds is 8. The Morgan fingerprint density at radius 3 is 2.44 bits per heavy atom. The molecule has 0 radical (unpaired) electrons. The van der Waals surface area contributed by atoms with Gasteiger partial charge in [-0.3, -0.25) is 4.79 Å². The lowest BCUT2D eigenvalue weighted by molar-refractivity contribution is -0.125. The van der Waals surface area contributed by atoms with Crippen molar-refractivity contribution in [3.8, 4) is 11.5 Å². The van der Waals surface area contributed by atoms with Crippen molar-refractivity contribution in [2.45, 2.75) is 27.3 Å². The van der Waals surface area contributed by atoms with Gasteiger partial charge in [-0.2, -0.15) is 0 Å². The number of hydrogen-bond acceptors (Lipinski definition) is 4. The van der Waals surface area contributed by atoms with E-state index in [2.05, 4.69) is 15.6 Å². The molecule has 0 atom stereocenters. The second-order valence-corrected chi connectivity index (χ2v) is 5.97. The van der Waals surface area contributed by atoms with Crippen LogP contribution >= 0.6 is 24.0 Å². The number of nitrogens with two attached hydrogens (primary N) is 1. The number of ether oxygens (including phenoxy) is 2. The summed E-state index contributed by atoms with van der Waals surface area (Å²) in [5.41, 5.74) is 5.67. The van der Waals surface area contributed by atoms with E-state index in [-0.39, 0.29) is 29.9 Å². The fourth-order valence-electron chi connectivity index (χ4n) is 1.88. The van der Waals surface area contributed by atoms with Crippen LogP contribution in [-0.4, -0.2) is 39.2 Å². The van der Waals surface area contributed by atoms with Gasteiger partial charge in [-0.05, 0) is 32.9 Å². The molecule has 0 aliphatic rings. The number of methoxy groups -OCH3 is 2. The van der Waals surface area contributed by atoms with E-state index in [0.717, 1.165) is 11.3 Å². The first-order valence-corrected chi connectivity index (χ1v) is 7.87. The number of carbonyl (C=O) groups excluding carboxylic acids is 1. The predicted octanol–water partition coefficient (Wildman–Crippen LogP) is 1.89. The maximum atomic E-state index is 11.4. The normalized spacial score (nSPS) is 11.3. The van der Waals surface area contributed by atoms with Crippen LogP contribution in [0.25, 0.3) is 0 Å². The first-order chi connectivity index (χ1) is 11.3. The molecule has 0 aromatic heterocycles. The lowest BCUT2D eigenvalue weighted by atomic mass is 9.93. The molecule has 0 spiro atoms. The Balaban J connectivity index is 0.00000576. The maximum Gasteiger partial charge on any atom is 0.224 e. The minimum absolute atomic E-state index is 0. The lowest BCUT2D eigenvalue weighted by Gasteiger charge is -2.22. The van der Waals surface area contributed by atoms with Gasteiger partial charge in [-0.1, -0.05) is 0 Å². The van der Waals surface area contributed by atoms with E-state index in [9.17, 15) is 4.79 Å². The van der Waals surface area contributed by atoms with Crippen molar-refractivity contribution in [3.63, 3.8) is 0 Å². The van der Waals surface area contributed by atoms with Crippen LogP contribution in [0, 0.1) is 5.41 Å². The molecule has 0 aliphatic heterocycles. The highest BCUT2D eigenvalue weighted by Crippen LogP contribution is 2.25. The van der Waals surface area contributed by atoms with Crippen LogP contribution < -0.4 is 25.8 Å². The minimum atomic E-state index is -0.659. The number of primary amides is 1. The van der Waals surface area contributed by atoms with Crippen molar-refractivity contribution in [2.24, 2.45) is 16.1 Å². The van der Waals surface area contributed by atoms with Crippen molar-refractivity contribution in [3.05, 3.63) is 23.8 Å². The smallest absolute Gasteiger partial charge is 0.224 e. The predicted molar refractivity (Wildman–Crippen MR) is 111 cm³/mol. The monoisotopic (exact) mass is 464 g/mol. The molecule has 0 heterocycles. The minimum Gasteiger partial charge on any atom is -0.497 e. The summed E-state index contributed by atoms with van der Waals surface area (Å²) in [4.78, 5) is 15.9. The highest BCUT2D eigenvalue weighted by molar-refractivity contribution is 14.0. The number of halogens is 1. The van der Waals surface area contributed by atoms with Crippen molar-refractivity contribution in [1.82, 2.24) is 10.6 Å². The van der Waals surface area contributed by atoms with E-state index in [1.807, 2.05) is 25.1 Å². The molecule has 0 unspecified atom stereocenters. The summed E-state index contributed by atoms with van der Waals surface area (Å²) in [6.07, 6.45) is 0. The first kappa shape index (κ1) is 23.3. The lowest BCUT2D eigenvalue weighted by Crippen LogP contribution is -2.46. The van der Waals surface area contributed by atoms with Gasteiger partial charge in [0.1, 0.15) is 11.5 Å². The molecule has 0 aliphatic carbocycles. The Morgan fingerprint density at radius 1 is 1.24 bits per heavy atom. The average Bonchev–Trinajstić information content (AvgIpc) is 2.57. The summed E-state index contributed by atoms with van der Waals surface area (Å²) in [5, 5.41) is 6.29. The van der Waals surface area contributed by atoms with Crippen LogP contribution in [0.3, 0.4) is 0 Å². The molecular weight excluding hydrogens is 435 g/mol. The summed E-state index contributed by atoms with van der Waals surface area (Å²) in [7, 11) is 3.22. The van der Waals surface area contributed by atoms with E-state index in [0.29, 0.717) is 31.3 Å². The molecule has 142 valence electrons. The third-order valence-electron chi connectivity index (χ3n) is 3.61. The molecule has 0 saturated carbocycles. The van der Waals surface area contributed by atoms with Crippen molar-refractivity contribution >= 4 is 35.8 Å². The summed E-state index contributed by atoms with van der Waals surface area (Å²) < 4.78 is 10.6. The quantitative estimate of drug-likeness (QED) is 0.310. The van der Waals surface area contributed by atoms with Crippen LogP contribution in [0.5, 0.6) is 11.5 Å². The number of nitrogens with one attached hydrogen (secondary N) is 2. The molecule has 1 aromatic rings. The van der Waals surface area contributed by atoms with Gasteiger partial charge in [0.15, 0.2) is 5.96 Å². The Morgan fingerprint density at radius 2 is 1.92 bits per heavy atom. The van der Waals surface area contributed by atoms with Crippen LogP contribution in [0.2, 0.25) is 0 Å². The third kappa shape index (κ3) is 7.37. The van der Waals surface area contributed by atoms with Gasteiger partial charge >= 0.3 is 0 Å². The molecule has 0 bridgehead atoms. The van der Waals surface area contributed by atoms with Gasteiger partial charge in [-0.25, -0.2) is 4.99 Å². The SMILES string of the molecule is CCNC(=NCc1ccc(OC)cc1OC)NCC(C)(C)C(N)=O.I. The average molecular weight is 464 g/mol. The second kappa shape index (κ2) is 11.0. The third-order valence-corrected chi connectivity index (χ3v) is 3.61. The number of hydrogen-bond donors (Lipinski definition) is 3. The molecular formula is C17H29IN4O3. The fourth-order valence-corrected chi connectivity index (χ4v) is 1.88. The highest BCUT2D eigenvalue weighted by atomic mass is 127.